The Labute approximate surface area is 230 Å². The number of fused-ring (bicyclic) bond motifs is 2. The number of nitrogens with zero attached hydrogens (tertiary/aromatic N) is 1. The van der Waals surface area contributed by atoms with Crippen molar-refractivity contribution in [3.63, 3.8) is 0 Å². The molecule has 2 unspecified atom stereocenters. The summed E-state index contributed by atoms with van der Waals surface area (Å²) < 4.78 is 5.49. The number of para-hydroxylation sites is 2. The van der Waals surface area contributed by atoms with Gasteiger partial charge in [0.1, 0.15) is 0 Å². The molecule has 0 amide bonds. The van der Waals surface area contributed by atoms with Crippen molar-refractivity contribution < 1.29 is 9.84 Å². The van der Waals surface area contributed by atoms with E-state index in [1.807, 2.05) is 54.6 Å². The SMILES string of the molecule is COc1cc(C2Sc3ccccc3N=C(c3c[nH]c4ccccc34)C2CNc2cccc(Cl)c2)ccc1O. The Bertz CT molecular complexity index is 1650. The highest BCUT2D eigenvalue weighted by Gasteiger charge is 2.34. The standard InChI is InChI=1S/C31H26ClN3O2S/c1-37-28-15-19(13-14-27(28)36)31-24(18-33-21-8-6-7-20(32)16-21)30(35-26-11-4-5-12-29(26)38-31)23-17-34-25-10-3-2-9-22(23)25/h2-17,24,31,33-34,36H,18H2,1H3. The molecule has 5 nitrogen and oxygen atoms in total. The Hall–Kier alpha value is -3.87. The first kappa shape index (κ1) is 24.5. The van der Waals surface area contributed by atoms with E-state index >= 15 is 0 Å². The van der Waals surface area contributed by atoms with Crippen LogP contribution in [0.15, 0.2) is 107 Å². The number of nitrogens with one attached hydrogen (secondary N) is 2. The number of aromatic amines is 1. The number of phenols is 1. The number of hydrogen-bond acceptors (Lipinski definition) is 5. The molecule has 0 radical (unpaired) electrons. The third-order valence-corrected chi connectivity index (χ3v) is 8.51. The van der Waals surface area contributed by atoms with Crippen LogP contribution in [-0.2, 0) is 0 Å². The maximum atomic E-state index is 10.3. The zero-order valence-electron chi connectivity index (χ0n) is 20.7. The zero-order valence-corrected chi connectivity index (χ0v) is 22.3. The number of aromatic hydroxyl groups is 1. The second-order valence-electron chi connectivity index (χ2n) is 9.18. The van der Waals surface area contributed by atoms with Crippen LogP contribution in [0.25, 0.3) is 10.9 Å². The number of thioether (sulfide) groups is 1. The van der Waals surface area contributed by atoms with Crippen LogP contribution in [0, 0.1) is 5.92 Å². The Balaban J connectivity index is 1.53. The molecule has 1 aromatic heterocycles. The predicted molar refractivity (Wildman–Crippen MR) is 158 cm³/mol. The van der Waals surface area contributed by atoms with E-state index < -0.39 is 0 Å². The molecule has 190 valence electrons. The minimum absolute atomic E-state index is 0.0211. The highest BCUT2D eigenvalue weighted by molar-refractivity contribution is 7.99. The summed E-state index contributed by atoms with van der Waals surface area (Å²) in [7, 11) is 1.57. The smallest absolute Gasteiger partial charge is 0.160 e. The van der Waals surface area contributed by atoms with Crippen LogP contribution < -0.4 is 10.1 Å². The van der Waals surface area contributed by atoms with Gasteiger partial charge in [-0.15, -0.1) is 11.8 Å². The maximum absolute atomic E-state index is 10.3. The molecule has 1 aliphatic rings. The van der Waals surface area contributed by atoms with Gasteiger partial charge < -0.3 is 20.1 Å². The molecule has 6 rings (SSSR count). The van der Waals surface area contributed by atoms with Crippen LogP contribution in [0.1, 0.15) is 16.4 Å². The zero-order chi connectivity index (χ0) is 26.1. The number of hydrogen-bond donors (Lipinski definition) is 3. The van der Waals surface area contributed by atoms with Gasteiger partial charge in [0.2, 0.25) is 0 Å². The number of H-pyrrole nitrogens is 1. The lowest BCUT2D eigenvalue weighted by Gasteiger charge is -2.28. The molecular formula is C31H26ClN3O2S. The number of ether oxygens (including phenoxy) is 1. The normalized spacial score (nSPS) is 16.9. The van der Waals surface area contributed by atoms with Crippen molar-refractivity contribution in [3.8, 4) is 11.5 Å². The number of halogens is 1. The second kappa shape index (κ2) is 10.5. The van der Waals surface area contributed by atoms with E-state index in [1.165, 1.54) is 0 Å². The molecule has 0 saturated carbocycles. The quantitative estimate of drug-likeness (QED) is 0.203. The number of rotatable bonds is 6. The largest absolute Gasteiger partial charge is 0.504 e. The van der Waals surface area contributed by atoms with E-state index in [0.717, 1.165) is 44.0 Å². The average Bonchev–Trinajstić information content (AvgIpc) is 3.29. The van der Waals surface area contributed by atoms with Crippen LogP contribution >= 0.6 is 23.4 Å². The molecular weight excluding hydrogens is 514 g/mol. The summed E-state index contributed by atoms with van der Waals surface area (Å²) in [5.74, 6) is 0.530. The number of aliphatic imine (C=N–C) groups is 1. The van der Waals surface area contributed by atoms with Crippen molar-refractivity contribution in [2.45, 2.75) is 10.1 Å². The second-order valence-corrected chi connectivity index (χ2v) is 10.8. The fraction of sp³-hybridized carbons (Fsp3) is 0.129. The molecule has 0 bridgehead atoms. The molecule has 0 saturated heterocycles. The highest BCUT2D eigenvalue weighted by Crippen LogP contribution is 2.50. The number of benzene rings is 4. The first-order chi connectivity index (χ1) is 18.6. The van der Waals surface area contributed by atoms with Gasteiger partial charge in [-0.05, 0) is 54.1 Å². The van der Waals surface area contributed by atoms with Crippen LogP contribution in [0.4, 0.5) is 11.4 Å². The van der Waals surface area contributed by atoms with Crippen molar-refractivity contribution in [3.05, 3.63) is 113 Å². The number of anilines is 1. The molecule has 0 spiro atoms. The third-order valence-electron chi connectivity index (χ3n) is 6.82. The van der Waals surface area contributed by atoms with Crippen LogP contribution in [0.3, 0.4) is 0 Å². The highest BCUT2D eigenvalue weighted by atomic mass is 35.5. The van der Waals surface area contributed by atoms with E-state index in [0.29, 0.717) is 17.3 Å². The van der Waals surface area contributed by atoms with E-state index in [9.17, 15) is 5.11 Å². The molecule has 3 N–H and O–H groups in total. The van der Waals surface area contributed by atoms with Gasteiger partial charge in [-0.3, -0.25) is 4.99 Å². The first-order valence-electron chi connectivity index (χ1n) is 12.4. The summed E-state index contributed by atoms with van der Waals surface area (Å²) in [4.78, 5) is 9.85. The fourth-order valence-electron chi connectivity index (χ4n) is 4.97. The van der Waals surface area contributed by atoms with Crippen LogP contribution in [0.5, 0.6) is 11.5 Å². The van der Waals surface area contributed by atoms with Gasteiger partial charge in [-0.2, -0.15) is 0 Å². The maximum Gasteiger partial charge on any atom is 0.160 e. The summed E-state index contributed by atoms with van der Waals surface area (Å²) in [6.45, 7) is 0.619. The summed E-state index contributed by atoms with van der Waals surface area (Å²) in [5.41, 5.74) is 6.08. The minimum Gasteiger partial charge on any atom is -0.504 e. The summed E-state index contributed by atoms with van der Waals surface area (Å²) >= 11 is 8.07. The lowest BCUT2D eigenvalue weighted by atomic mass is 9.89. The van der Waals surface area contributed by atoms with Gasteiger partial charge in [-0.25, -0.2) is 0 Å². The van der Waals surface area contributed by atoms with Gasteiger partial charge in [-0.1, -0.05) is 54.1 Å². The van der Waals surface area contributed by atoms with Gasteiger partial charge in [0.05, 0.1) is 18.5 Å². The fourth-order valence-corrected chi connectivity index (χ4v) is 6.50. The molecule has 2 heterocycles. The molecule has 0 fully saturated rings. The molecule has 7 heteroatoms. The molecule has 0 aliphatic carbocycles. The monoisotopic (exact) mass is 539 g/mol. The minimum atomic E-state index is -0.0418. The average molecular weight is 540 g/mol. The molecule has 4 aromatic carbocycles. The van der Waals surface area contributed by atoms with Crippen molar-refractivity contribution >= 4 is 51.4 Å². The van der Waals surface area contributed by atoms with E-state index in [2.05, 4.69) is 46.8 Å². The molecule has 1 aliphatic heterocycles. The van der Waals surface area contributed by atoms with Gasteiger partial charge in [0, 0.05) is 56.0 Å². The Morgan fingerprint density at radius 1 is 1.00 bits per heavy atom. The van der Waals surface area contributed by atoms with Gasteiger partial charge in [0.25, 0.3) is 0 Å². The Morgan fingerprint density at radius 2 is 1.84 bits per heavy atom. The van der Waals surface area contributed by atoms with Crippen molar-refractivity contribution in [1.82, 2.24) is 4.98 Å². The summed E-state index contributed by atoms with van der Waals surface area (Å²) in [5, 5.41) is 15.7. The van der Waals surface area contributed by atoms with Crippen molar-refractivity contribution in [1.29, 1.82) is 0 Å². The summed E-state index contributed by atoms with van der Waals surface area (Å²) in [6, 6.07) is 29.9. The summed E-state index contributed by atoms with van der Waals surface area (Å²) in [6.07, 6.45) is 2.06. The Morgan fingerprint density at radius 3 is 2.71 bits per heavy atom. The lowest BCUT2D eigenvalue weighted by Crippen LogP contribution is -2.28. The van der Waals surface area contributed by atoms with Crippen molar-refractivity contribution in [2.24, 2.45) is 10.9 Å². The van der Waals surface area contributed by atoms with Gasteiger partial charge >= 0.3 is 0 Å². The Kier molecular flexibility index (Phi) is 6.75. The molecule has 5 aromatic rings. The molecule has 38 heavy (non-hydrogen) atoms. The predicted octanol–water partition coefficient (Wildman–Crippen LogP) is 8.23. The number of phenolic OH excluding ortho intramolecular Hbond substituents is 1. The topological polar surface area (TPSA) is 69.6 Å². The van der Waals surface area contributed by atoms with Crippen LogP contribution in [-0.4, -0.2) is 29.5 Å². The van der Waals surface area contributed by atoms with E-state index in [-0.39, 0.29) is 16.9 Å². The van der Waals surface area contributed by atoms with E-state index in [1.54, 1.807) is 24.9 Å². The van der Waals surface area contributed by atoms with Crippen molar-refractivity contribution in [2.75, 3.05) is 19.0 Å². The van der Waals surface area contributed by atoms with Crippen LogP contribution in [0.2, 0.25) is 5.02 Å². The first-order valence-corrected chi connectivity index (χ1v) is 13.6. The third kappa shape index (κ3) is 4.73. The lowest BCUT2D eigenvalue weighted by molar-refractivity contribution is 0.372. The number of aromatic nitrogens is 1. The van der Waals surface area contributed by atoms with Gasteiger partial charge in [0.15, 0.2) is 11.5 Å². The van der Waals surface area contributed by atoms with E-state index in [4.69, 9.17) is 21.3 Å². The number of methoxy groups -OCH3 is 1. The molecule has 2 atom stereocenters.